The van der Waals surface area contributed by atoms with Crippen molar-refractivity contribution in [3.8, 4) is 0 Å². The first kappa shape index (κ1) is 15.1. The van der Waals surface area contributed by atoms with Crippen LogP contribution in [0.15, 0.2) is 12.7 Å². The summed E-state index contributed by atoms with van der Waals surface area (Å²) in [5, 5.41) is 29.8. The number of aliphatic hydroxyl groups excluding tert-OH is 2. The second-order valence-corrected chi connectivity index (χ2v) is 5.23. The van der Waals surface area contributed by atoms with Crippen LogP contribution in [0.3, 0.4) is 0 Å². The zero-order valence-electron chi connectivity index (χ0n) is 12.0. The van der Waals surface area contributed by atoms with Crippen LogP contribution in [0.1, 0.15) is 13.2 Å². The van der Waals surface area contributed by atoms with E-state index in [0.717, 1.165) is 0 Å². The summed E-state index contributed by atoms with van der Waals surface area (Å²) in [5.41, 5.74) is 1.79. The fraction of sp³-hybridized carbons (Fsp3) is 0.583. The summed E-state index contributed by atoms with van der Waals surface area (Å²) in [5.74, 6) is 0.364. The number of aliphatic hydroxyl groups is 3. The molecule has 1 aliphatic rings. The lowest BCUT2D eigenvalue weighted by atomic mass is 9.96. The van der Waals surface area contributed by atoms with Crippen LogP contribution in [0, 0.1) is 0 Å². The number of fused-ring (bicyclic) bond motifs is 1. The molecule has 0 unspecified atom stereocenters. The highest BCUT2D eigenvalue weighted by molar-refractivity contribution is 5.82. The van der Waals surface area contributed by atoms with Gasteiger partial charge in [0.25, 0.3) is 0 Å². The van der Waals surface area contributed by atoms with Gasteiger partial charge < -0.3 is 20.1 Å². The van der Waals surface area contributed by atoms with Gasteiger partial charge in [0.15, 0.2) is 23.2 Å². The molecule has 3 heterocycles. The Kier molecular flexibility index (Phi) is 3.70. The number of aromatic nitrogens is 4. The molecule has 4 N–H and O–H groups in total. The van der Waals surface area contributed by atoms with Crippen LogP contribution >= 0.6 is 0 Å². The molecule has 22 heavy (non-hydrogen) atoms. The smallest absolute Gasteiger partial charge is 0.181 e. The van der Waals surface area contributed by atoms with Gasteiger partial charge in [0, 0.05) is 0 Å². The lowest BCUT2D eigenvalue weighted by Crippen LogP contribution is -2.44. The Morgan fingerprint density at radius 1 is 1.45 bits per heavy atom. The monoisotopic (exact) mass is 311 g/mol. The Labute approximate surface area is 125 Å². The summed E-state index contributed by atoms with van der Waals surface area (Å²) in [7, 11) is 1.44. The zero-order chi connectivity index (χ0) is 15.9. The van der Waals surface area contributed by atoms with E-state index in [9.17, 15) is 15.3 Å². The van der Waals surface area contributed by atoms with E-state index >= 15 is 0 Å². The predicted octanol–water partition coefficient (Wildman–Crippen LogP) is -1.20. The van der Waals surface area contributed by atoms with Crippen molar-refractivity contribution in [2.45, 2.75) is 31.0 Å². The molecule has 0 bridgehead atoms. The first-order valence-electron chi connectivity index (χ1n) is 6.64. The van der Waals surface area contributed by atoms with Crippen molar-refractivity contribution in [2.24, 2.45) is 0 Å². The van der Waals surface area contributed by atoms with Gasteiger partial charge in [-0.3, -0.25) is 9.40 Å². The van der Waals surface area contributed by atoms with Crippen LogP contribution in [0.2, 0.25) is 0 Å². The average molecular weight is 311 g/mol. The zero-order valence-corrected chi connectivity index (χ0v) is 12.0. The Morgan fingerprint density at radius 3 is 2.86 bits per heavy atom. The van der Waals surface area contributed by atoms with Crippen molar-refractivity contribution >= 4 is 17.0 Å². The van der Waals surface area contributed by atoms with E-state index in [4.69, 9.17) is 9.57 Å². The van der Waals surface area contributed by atoms with E-state index in [-0.39, 0.29) is 0 Å². The van der Waals surface area contributed by atoms with Crippen LogP contribution in [0.4, 0.5) is 5.82 Å². The normalized spacial score (nSPS) is 31.8. The van der Waals surface area contributed by atoms with Crippen LogP contribution < -0.4 is 5.48 Å². The molecule has 10 heteroatoms. The standard InChI is InChI=1S/C12H17N5O5/c1-12(20)8(19)6(3-18)22-11(12)17-5-15-7-9(16-21-2)13-4-14-10(7)17/h4-6,8,11,18-20H,3H2,1-2H3,(H,13,14,16)/t6-,8-,11-,12-/m1/s1. The highest BCUT2D eigenvalue weighted by atomic mass is 16.6. The van der Waals surface area contributed by atoms with E-state index < -0.39 is 30.6 Å². The lowest BCUT2D eigenvalue weighted by molar-refractivity contribution is -0.0950. The van der Waals surface area contributed by atoms with Gasteiger partial charge in [0.1, 0.15) is 24.1 Å². The third kappa shape index (κ3) is 2.12. The number of hydrogen-bond donors (Lipinski definition) is 4. The molecule has 4 atom stereocenters. The number of nitrogens with zero attached hydrogens (tertiary/aromatic N) is 4. The largest absolute Gasteiger partial charge is 0.394 e. The Hall–Kier alpha value is -1.85. The van der Waals surface area contributed by atoms with Crippen molar-refractivity contribution in [3.63, 3.8) is 0 Å². The molecular formula is C12H17N5O5. The second-order valence-electron chi connectivity index (χ2n) is 5.23. The van der Waals surface area contributed by atoms with Crippen molar-refractivity contribution < 1.29 is 24.9 Å². The molecule has 2 aromatic heterocycles. The fourth-order valence-corrected chi connectivity index (χ4v) is 2.59. The quantitative estimate of drug-likeness (QED) is 0.513. The maximum Gasteiger partial charge on any atom is 0.181 e. The molecule has 1 saturated heterocycles. The summed E-state index contributed by atoms with van der Waals surface area (Å²) in [6.45, 7) is 1.02. The molecule has 1 aliphatic heterocycles. The molecule has 0 spiro atoms. The van der Waals surface area contributed by atoms with Gasteiger partial charge >= 0.3 is 0 Å². The van der Waals surface area contributed by atoms with E-state index in [1.807, 2.05) is 0 Å². The maximum atomic E-state index is 10.5. The minimum atomic E-state index is -1.61. The fourth-order valence-electron chi connectivity index (χ4n) is 2.59. The maximum absolute atomic E-state index is 10.5. The predicted molar refractivity (Wildman–Crippen MR) is 73.6 cm³/mol. The van der Waals surface area contributed by atoms with Crippen molar-refractivity contribution in [1.29, 1.82) is 0 Å². The number of nitrogens with one attached hydrogen (secondary N) is 1. The molecule has 0 amide bonds. The molecule has 120 valence electrons. The molecule has 0 saturated carbocycles. The van der Waals surface area contributed by atoms with Gasteiger partial charge in [0.05, 0.1) is 20.0 Å². The third-order valence-electron chi connectivity index (χ3n) is 3.74. The summed E-state index contributed by atoms with van der Waals surface area (Å²) < 4.78 is 7.03. The lowest BCUT2D eigenvalue weighted by Gasteiger charge is -2.27. The second kappa shape index (κ2) is 5.41. The van der Waals surface area contributed by atoms with Gasteiger partial charge in [-0.2, -0.15) is 0 Å². The van der Waals surface area contributed by atoms with Crippen LogP contribution in [-0.2, 0) is 9.57 Å². The molecule has 0 radical (unpaired) electrons. The summed E-state index contributed by atoms with van der Waals surface area (Å²) in [6, 6.07) is 0. The minimum Gasteiger partial charge on any atom is -0.394 e. The number of anilines is 1. The minimum absolute atomic E-state index is 0.364. The van der Waals surface area contributed by atoms with Gasteiger partial charge in [-0.25, -0.2) is 20.4 Å². The summed E-state index contributed by atoms with van der Waals surface area (Å²) in [6.07, 6.45) is -0.346. The molecule has 2 aromatic rings. The molecule has 1 fully saturated rings. The number of rotatable bonds is 4. The molecular weight excluding hydrogens is 294 g/mol. The molecule has 3 rings (SSSR count). The van der Waals surface area contributed by atoms with E-state index in [2.05, 4.69) is 20.4 Å². The van der Waals surface area contributed by atoms with Crippen LogP contribution in [-0.4, -0.2) is 66.4 Å². The van der Waals surface area contributed by atoms with Crippen molar-refractivity contribution in [3.05, 3.63) is 12.7 Å². The Bertz CT molecular complexity index is 675. The van der Waals surface area contributed by atoms with E-state index in [0.29, 0.717) is 17.0 Å². The highest BCUT2D eigenvalue weighted by Gasteiger charge is 2.53. The van der Waals surface area contributed by atoms with Crippen LogP contribution in [0.25, 0.3) is 11.2 Å². The number of imidazole rings is 1. The third-order valence-corrected chi connectivity index (χ3v) is 3.74. The van der Waals surface area contributed by atoms with E-state index in [1.54, 1.807) is 0 Å². The number of ether oxygens (including phenoxy) is 1. The SMILES string of the molecule is CONc1ncnc2c1ncn2[C@@H]1O[C@H](CO)[C@@H](O)[C@@]1(C)O. The van der Waals surface area contributed by atoms with E-state index in [1.165, 1.54) is 31.3 Å². The van der Waals surface area contributed by atoms with Gasteiger partial charge in [-0.15, -0.1) is 0 Å². The Morgan fingerprint density at radius 2 is 2.23 bits per heavy atom. The first-order valence-corrected chi connectivity index (χ1v) is 6.64. The van der Waals surface area contributed by atoms with Crippen molar-refractivity contribution in [2.75, 3.05) is 19.2 Å². The van der Waals surface area contributed by atoms with Crippen molar-refractivity contribution in [1.82, 2.24) is 19.5 Å². The summed E-state index contributed by atoms with van der Waals surface area (Å²) in [4.78, 5) is 17.1. The first-order chi connectivity index (χ1) is 10.5. The Balaban J connectivity index is 2.06. The number of hydrogen-bond acceptors (Lipinski definition) is 9. The molecule has 0 aliphatic carbocycles. The molecule has 0 aromatic carbocycles. The topological polar surface area (TPSA) is 135 Å². The average Bonchev–Trinajstić information content (AvgIpc) is 3.01. The summed E-state index contributed by atoms with van der Waals surface area (Å²) >= 11 is 0. The van der Waals surface area contributed by atoms with Gasteiger partial charge in [0.2, 0.25) is 0 Å². The highest BCUT2D eigenvalue weighted by Crippen LogP contribution is 2.39. The van der Waals surface area contributed by atoms with Gasteiger partial charge in [-0.1, -0.05) is 0 Å². The van der Waals surface area contributed by atoms with Crippen LogP contribution in [0.5, 0.6) is 0 Å². The van der Waals surface area contributed by atoms with Gasteiger partial charge in [-0.05, 0) is 6.92 Å². The molecule has 10 nitrogen and oxygen atoms in total.